The lowest BCUT2D eigenvalue weighted by Gasteiger charge is -1.83. The minimum absolute atomic E-state index is 0.352. The molecule has 2 aromatic rings. The van der Waals surface area contributed by atoms with E-state index in [1.165, 1.54) is 6.07 Å². The van der Waals surface area contributed by atoms with E-state index in [9.17, 15) is 4.39 Å². The highest BCUT2D eigenvalue weighted by Crippen LogP contribution is 2.20. The van der Waals surface area contributed by atoms with Crippen LogP contribution in [0, 0.1) is 11.3 Å². The summed E-state index contributed by atoms with van der Waals surface area (Å²) in [5.41, 5.74) is 0.685. The summed E-state index contributed by atoms with van der Waals surface area (Å²) in [5.74, 6) is -0.505. The SMILES string of the molecule is N#C/C(F)=C\c1cc2ccccc2o1. The molecule has 0 radical (unpaired) electrons. The standard InChI is InChI=1S/C11H6FNO/c12-9(7-13)6-10-5-8-3-1-2-4-11(8)14-10/h1-6H/b9-6+. The van der Waals surface area contributed by atoms with Crippen LogP contribution in [0.2, 0.25) is 0 Å². The van der Waals surface area contributed by atoms with Gasteiger partial charge in [0.25, 0.3) is 0 Å². The molecule has 0 atom stereocenters. The number of hydrogen-bond donors (Lipinski definition) is 0. The molecular formula is C11H6FNO. The molecular weight excluding hydrogens is 181 g/mol. The number of allylic oxidation sites excluding steroid dienone is 1. The number of fused-ring (bicyclic) bond motifs is 1. The summed E-state index contributed by atoms with van der Waals surface area (Å²) in [6.45, 7) is 0. The second-order valence-corrected chi connectivity index (χ2v) is 2.79. The Labute approximate surface area is 79.9 Å². The molecule has 0 saturated carbocycles. The van der Waals surface area contributed by atoms with Crippen molar-refractivity contribution in [2.75, 3.05) is 0 Å². The van der Waals surface area contributed by atoms with Crippen LogP contribution in [-0.2, 0) is 0 Å². The Bertz CT molecular complexity index is 500. The molecule has 0 aliphatic heterocycles. The Morgan fingerprint density at radius 2 is 2.21 bits per heavy atom. The highest BCUT2D eigenvalue weighted by molar-refractivity contribution is 5.79. The van der Waals surface area contributed by atoms with Crippen LogP contribution in [0.1, 0.15) is 5.76 Å². The van der Waals surface area contributed by atoms with Crippen molar-refractivity contribution < 1.29 is 8.81 Å². The maximum Gasteiger partial charge on any atom is 0.203 e. The van der Waals surface area contributed by atoms with Crippen LogP contribution in [0.15, 0.2) is 40.6 Å². The van der Waals surface area contributed by atoms with Crippen LogP contribution >= 0.6 is 0 Å². The number of hydrogen-bond acceptors (Lipinski definition) is 2. The first-order valence-electron chi connectivity index (χ1n) is 4.05. The van der Waals surface area contributed by atoms with Gasteiger partial charge in [0.15, 0.2) is 0 Å². The van der Waals surface area contributed by atoms with Gasteiger partial charge in [0, 0.05) is 11.5 Å². The van der Waals surface area contributed by atoms with Crippen LogP contribution in [-0.4, -0.2) is 0 Å². The summed E-state index contributed by atoms with van der Waals surface area (Å²) in [7, 11) is 0. The van der Waals surface area contributed by atoms with Gasteiger partial charge in [0.2, 0.25) is 5.83 Å². The molecule has 0 unspecified atom stereocenters. The fraction of sp³-hybridized carbons (Fsp3) is 0. The second kappa shape index (κ2) is 3.35. The first-order valence-corrected chi connectivity index (χ1v) is 4.05. The molecule has 1 aromatic heterocycles. The summed E-state index contributed by atoms with van der Waals surface area (Å²) in [6.07, 6.45) is 1.07. The maximum absolute atomic E-state index is 12.6. The molecule has 2 rings (SSSR count). The first kappa shape index (κ1) is 8.52. The zero-order chi connectivity index (χ0) is 9.97. The van der Waals surface area contributed by atoms with Crippen molar-refractivity contribution in [2.45, 2.75) is 0 Å². The van der Waals surface area contributed by atoms with Crippen LogP contribution in [0.25, 0.3) is 17.0 Å². The molecule has 0 aliphatic carbocycles. The van der Waals surface area contributed by atoms with Gasteiger partial charge in [-0.1, -0.05) is 18.2 Å². The first-order chi connectivity index (χ1) is 6.79. The van der Waals surface area contributed by atoms with Crippen molar-refractivity contribution in [2.24, 2.45) is 0 Å². The molecule has 3 heteroatoms. The minimum Gasteiger partial charge on any atom is -0.457 e. The summed E-state index contributed by atoms with van der Waals surface area (Å²) in [5, 5.41) is 9.13. The van der Waals surface area contributed by atoms with Gasteiger partial charge in [-0.15, -0.1) is 0 Å². The Morgan fingerprint density at radius 3 is 2.93 bits per heavy atom. The van der Waals surface area contributed by atoms with Crippen molar-refractivity contribution in [3.63, 3.8) is 0 Å². The van der Waals surface area contributed by atoms with E-state index in [2.05, 4.69) is 0 Å². The maximum atomic E-state index is 12.6. The highest BCUT2D eigenvalue weighted by atomic mass is 19.1. The van der Waals surface area contributed by atoms with Crippen molar-refractivity contribution >= 4 is 17.0 Å². The van der Waals surface area contributed by atoms with Gasteiger partial charge in [0.1, 0.15) is 17.4 Å². The van der Waals surface area contributed by atoms with Gasteiger partial charge < -0.3 is 4.42 Å². The monoisotopic (exact) mass is 187 g/mol. The fourth-order valence-corrected chi connectivity index (χ4v) is 1.23. The molecule has 0 N–H and O–H groups in total. The van der Waals surface area contributed by atoms with E-state index in [1.54, 1.807) is 12.1 Å². The molecule has 0 fully saturated rings. The van der Waals surface area contributed by atoms with Gasteiger partial charge in [-0.2, -0.15) is 9.65 Å². The van der Waals surface area contributed by atoms with Gasteiger partial charge in [-0.25, -0.2) is 0 Å². The normalized spacial score (nSPS) is 11.6. The van der Waals surface area contributed by atoms with Crippen molar-refractivity contribution in [3.8, 4) is 6.07 Å². The van der Waals surface area contributed by atoms with Gasteiger partial charge >= 0.3 is 0 Å². The average Bonchev–Trinajstić information content (AvgIpc) is 2.59. The second-order valence-electron chi connectivity index (χ2n) is 2.79. The Kier molecular flexibility index (Phi) is 2.04. The van der Waals surface area contributed by atoms with Crippen LogP contribution in [0.3, 0.4) is 0 Å². The summed E-state index contributed by atoms with van der Waals surface area (Å²) >= 11 is 0. The Morgan fingerprint density at radius 1 is 1.43 bits per heavy atom. The lowest BCUT2D eigenvalue weighted by Crippen LogP contribution is -1.64. The average molecular weight is 187 g/mol. The third-order valence-electron chi connectivity index (χ3n) is 1.82. The lowest BCUT2D eigenvalue weighted by molar-refractivity contribution is 0.598. The number of para-hydroxylation sites is 1. The van der Waals surface area contributed by atoms with E-state index in [0.717, 1.165) is 11.5 Å². The molecule has 0 amide bonds. The molecule has 0 aliphatic rings. The zero-order valence-electron chi connectivity index (χ0n) is 7.20. The van der Waals surface area contributed by atoms with Crippen molar-refractivity contribution in [1.29, 1.82) is 5.26 Å². The van der Waals surface area contributed by atoms with E-state index in [0.29, 0.717) is 11.3 Å². The number of nitriles is 1. The molecule has 0 saturated heterocycles. The molecule has 0 bridgehead atoms. The highest BCUT2D eigenvalue weighted by Gasteiger charge is 2.01. The number of nitrogens with zero attached hydrogens (tertiary/aromatic N) is 1. The zero-order valence-corrected chi connectivity index (χ0v) is 7.20. The fourth-order valence-electron chi connectivity index (χ4n) is 1.23. The Hall–Kier alpha value is -2.08. The Balaban J connectivity index is 2.52. The van der Waals surface area contributed by atoms with Gasteiger partial charge in [-0.3, -0.25) is 0 Å². The predicted octanol–water partition coefficient (Wildman–Crippen LogP) is 3.27. The van der Waals surface area contributed by atoms with Crippen molar-refractivity contribution in [1.82, 2.24) is 0 Å². The molecule has 1 heterocycles. The quantitative estimate of drug-likeness (QED) is 0.642. The van der Waals surface area contributed by atoms with Crippen LogP contribution in [0.5, 0.6) is 0 Å². The van der Waals surface area contributed by atoms with Crippen LogP contribution < -0.4 is 0 Å². The van der Waals surface area contributed by atoms with Gasteiger partial charge in [-0.05, 0) is 12.1 Å². The lowest BCUT2D eigenvalue weighted by atomic mass is 10.2. The van der Waals surface area contributed by atoms with E-state index in [-0.39, 0.29) is 0 Å². The minimum atomic E-state index is -0.857. The molecule has 2 nitrogen and oxygen atoms in total. The topological polar surface area (TPSA) is 36.9 Å². The molecule has 1 aromatic carbocycles. The van der Waals surface area contributed by atoms with E-state index < -0.39 is 5.83 Å². The summed E-state index contributed by atoms with van der Waals surface area (Å²) in [6, 6.07) is 10.4. The third kappa shape index (κ3) is 1.50. The van der Waals surface area contributed by atoms with Crippen LogP contribution in [0.4, 0.5) is 4.39 Å². The number of rotatable bonds is 1. The molecule has 68 valence electrons. The van der Waals surface area contributed by atoms with Gasteiger partial charge in [0.05, 0.1) is 0 Å². The van der Waals surface area contributed by atoms with Crippen molar-refractivity contribution in [3.05, 3.63) is 41.9 Å². The third-order valence-corrected chi connectivity index (χ3v) is 1.82. The largest absolute Gasteiger partial charge is 0.457 e. The summed E-state index contributed by atoms with van der Waals surface area (Å²) < 4.78 is 17.9. The van der Waals surface area contributed by atoms with E-state index >= 15 is 0 Å². The number of benzene rings is 1. The molecule has 0 spiro atoms. The van der Waals surface area contributed by atoms with E-state index in [1.807, 2.05) is 18.2 Å². The predicted molar refractivity (Wildman–Crippen MR) is 50.9 cm³/mol. The molecule has 14 heavy (non-hydrogen) atoms. The van der Waals surface area contributed by atoms with E-state index in [4.69, 9.17) is 9.68 Å². The smallest absolute Gasteiger partial charge is 0.203 e. The number of furan rings is 1. The summed E-state index contributed by atoms with van der Waals surface area (Å²) in [4.78, 5) is 0. The number of halogens is 1.